The zero-order valence-electron chi connectivity index (χ0n) is 10.8. The van der Waals surface area contributed by atoms with Crippen molar-refractivity contribution in [2.45, 2.75) is 25.6 Å². The van der Waals surface area contributed by atoms with Gasteiger partial charge in [-0.25, -0.2) is 9.37 Å². The van der Waals surface area contributed by atoms with E-state index in [4.69, 9.17) is 4.74 Å². The Kier molecular flexibility index (Phi) is 3.21. The highest BCUT2D eigenvalue weighted by atomic mass is 19.1. The first kappa shape index (κ1) is 12.2. The van der Waals surface area contributed by atoms with E-state index in [9.17, 15) is 4.39 Å². The van der Waals surface area contributed by atoms with Crippen molar-refractivity contribution in [3.05, 3.63) is 47.8 Å². The Bertz CT molecular complexity index is 582. The predicted molar refractivity (Wildman–Crippen MR) is 69.5 cm³/mol. The molecule has 100 valence electrons. The Labute approximate surface area is 111 Å². The molecular weight excluding hydrogens is 245 g/mol. The van der Waals surface area contributed by atoms with Crippen LogP contribution in [0.5, 0.6) is 5.75 Å². The van der Waals surface area contributed by atoms with Crippen molar-refractivity contribution in [1.82, 2.24) is 14.9 Å². The van der Waals surface area contributed by atoms with Crippen molar-refractivity contribution in [1.29, 1.82) is 0 Å². The molecule has 1 aliphatic heterocycles. The van der Waals surface area contributed by atoms with Gasteiger partial charge in [0.2, 0.25) is 0 Å². The van der Waals surface area contributed by atoms with Crippen molar-refractivity contribution in [2.24, 2.45) is 0 Å². The van der Waals surface area contributed by atoms with Gasteiger partial charge >= 0.3 is 0 Å². The van der Waals surface area contributed by atoms with E-state index in [0.717, 1.165) is 36.5 Å². The molecule has 0 aliphatic carbocycles. The lowest BCUT2D eigenvalue weighted by Gasteiger charge is -2.10. The van der Waals surface area contributed by atoms with Gasteiger partial charge in [0.05, 0.1) is 18.6 Å². The highest BCUT2D eigenvalue weighted by Crippen LogP contribution is 2.29. The highest BCUT2D eigenvalue weighted by molar-refractivity contribution is 5.37. The average Bonchev–Trinajstić information content (AvgIpc) is 2.96. The summed E-state index contributed by atoms with van der Waals surface area (Å²) >= 11 is 0. The molecule has 19 heavy (non-hydrogen) atoms. The van der Waals surface area contributed by atoms with Gasteiger partial charge in [0, 0.05) is 24.7 Å². The first-order valence-corrected chi connectivity index (χ1v) is 6.35. The fourth-order valence-corrected chi connectivity index (χ4v) is 2.40. The minimum Gasteiger partial charge on any atom is -0.488 e. The first-order chi connectivity index (χ1) is 9.24. The molecular formula is C14H16FN3O. The van der Waals surface area contributed by atoms with Crippen LogP contribution in [0.25, 0.3) is 0 Å². The molecule has 4 nitrogen and oxygen atoms in total. The molecule has 1 atom stereocenters. The number of hydrogen-bond acceptors (Lipinski definition) is 3. The number of rotatable bonds is 4. The van der Waals surface area contributed by atoms with Crippen molar-refractivity contribution >= 4 is 0 Å². The van der Waals surface area contributed by atoms with Gasteiger partial charge in [-0.15, -0.1) is 0 Å². The van der Waals surface area contributed by atoms with Crippen LogP contribution >= 0.6 is 0 Å². The molecule has 0 fully saturated rings. The molecule has 2 aromatic rings. The Morgan fingerprint density at radius 3 is 3.26 bits per heavy atom. The molecule has 0 spiro atoms. The summed E-state index contributed by atoms with van der Waals surface area (Å²) in [5.41, 5.74) is 1.95. The molecule has 1 unspecified atom stereocenters. The third kappa shape index (κ3) is 2.61. The molecule has 0 saturated carbocycles. The second-order valence-electron chi connectivity index (χ2n) is 4.79. The predicted octanol–water partition coefficient (Wildman–Crippen LogP) is 1.75. The van der Waals surface area contributed by atoms with E-state index in [2.05, 4.69) is 10.3 Å². The standard InChI is InChI=1S/C14H16FN3O/c1-16-6-12-7-18(9-17-12)8-13-5-10-4-11(15)2-3-14(10)19-13/h2-4,7,9,13,16H,5-6,8H2,1H3. The quantitative estimate of drug-likeness (QED) is 0.911. The highest BCUT2D eigenvalue weighted by Gasteiger charge is 2.23. The second-order valence-corrected chi connectivity index (χ2v) is 4.79. The molecule has 1 aromatic carbocycles. The fourth-order valence-electron chi connectivity index (χ4n) is 2.40. The number of ether oxygens (including phenoxy) is 1. The Morgan fingerprint density at radius 1 is 1.53 bits per heavy atom. The van der Waals surface area contributed by atoms with Crippen LogP contribution in [0, 0.1) is 5.82 Å². The van der Waals surface area contributed by atoms with Gasteiger partial charge in [-0.3, -0.25) is 0 Å². The molecule has 1 N–H and O–H groups in total. The third-order valence-corrected chi connectivity index (χ3v) is 3.22. The molecule has 0 bridgehead atoms. The van der Waals surface area contributed by atoms with E-state index in [-0.39, 0.29) is 11.9 Å². The first-order valence-electron chi connectivity index (χ1n) is 6.35. The SMILES string of the molecule is CNCc1cn(CC2Cc3cc(F)ccc3O2)cn1. The normalized spacial score (nSPS) is 17.3. The summed E-state index contributed by atoms with van der Waals surface area (Å²) in [6.07, 6.45) is 4.60. The zero-order chi connectivity index (χ0) is 13.2. The van der Waals surface area contributed by atoms with Gasteiger partial charge in [0.15, 0.2) is 0 Å². The van der Waals surface area contributed by atoms with E-state index in [1.807, 2.05) is 17.8 Å². The van der Waals surface area contributed by atoms with Gasteiger partial charge < -0.3 is 14.6 Å². The molecule has 0 amide bonds. The van der Waals surface area contributed by atoms with Gasteiger partial charge in [-0.2, -0.15) is 0 Å². The zero-order valence-corrected chi connectivity index (χ0v) is 10.8. The van der Waals surface area contributed by atoms with Crippen molar-refractivity contribution in [3.8, 4) is 5.75 Å². The number of aromatic nitrogens is 2. The van der Waals surface area contributed by atoms with Gasteiger partial charge in [-0.05, 0) is 25.2 Å². The maximum Gasteiger partial charge on any atom is 0.123 e. The second kappa shape index (κ2) is 5.01. The van der Waals surface area contributed by atoms with Crippen LogP contribution in [0.3, 0.4) is 0 Å². The summed E-state index contributed by atoms with van der Waals surface area (Å²) in [7, 11) is 1.89. The minimum atomic E-state index is -0.207. The van der Waals surface area contributed by atoms with Crippen LogP contribution < -0.4 is 10.1 Å². The van der Waals surface area contributed by atoms with E-state index in [0.29, 0.717) is 0 Å². The topological polar surface area (TPSA) is 39.1 Å². The largest absolute Gasteiger partial charge is 0.488 e. The molecule has 1 aromatic heterocycles. The van der Waals surface area contributed by atoms with E-state index in [1.165, 1.54) is 6.07 Å². The number of nitrogens with one attached hydrogen (secondary N) is 1. The molecule has 0 saturated heterocycles. The molecule has 1 aliphatic rings. The van der Waals surface area contributed by atoms with Gasteiger partial charge in [0.25, 0.3) is 0 Å². The van der Waals surface area contributed by atoms with Gasteiger partial charge in [0.1, 0.15) is 17.7 Å². The number of hydrogen-bond donors (Lipinski definition) is 1. The van der Waals surface area contributed by atoms with Crippen LogP contribution in [0.4, 0.5) is 4.39 Å². The summed E-state index contributed by atoms with van der Waals surface area (Å²) in [6.45, 7) is 1.48. The average molecular weight is 261 g/mol. The lowest BCUT2D eigenvalue weighted by molar-refractivity contribution is 0.209. The smallest absolute Gasteiger partial charge is 0.123 e. The van der Waals surface area contributed by atoms with E-state index < -0.39 is 0 Å². The maximum atomic E-state index is 13.1. The summed E-state index contributed by atoms with van der Waals surface area (Å²) < 4.78 is 20.9. The van der Waals surface area contributed by atoms with Crippen LogP contribution in [-0.4, -0.2) is 22.7 Å². The number of nitrogens with zero attached hydrogens (tertiary/aromatic N) is 2. The van der Waals surface area contributed by atoms with Crippen LogP contribution in [0.15, 0.2) is 30.7 Å². The summed E-state index contributed by atoms with van der Waals surface area (Å²) in [4.78, 5) is 4.30. The van der Waals surface area contributed by atoms with Crippen molar-refractivity contribution < 1.29 is 9.13 Å². The number of imidazole rings is 1. The Balaban J connectivity index is 1.66. The molecule has 2 heterocycles. The van der Waals surface area contributed by atoms with Crippen LogP contribution in [0.1, 0.15) is 11.3 Å². The Morgan fingerprint density at radius 2 is 2.42 bits per heavy atom. The lowest BCUT2D eigenvalue weighted by atomic mass is 10.1. The minimum absolute atomic E-state index is 0.0495. The monoisotopic (exact) mass is 261 g/mol. The third-order valence-electron chi connectivity index (χ3n) is 3.22. The fraction of sp³-hybridized carbons (Fsp3) is 0.357. The summed E-state index contributed by atoms with van der Waals surface area (Å²) in [5.74, 6) is 0.587. The molecule has 5 heteroatoms. The van der Waals surface area contributed by atoms with Crippen LogP contribution in [-0.2, 0) is 19.5 Å². The van der Waals surface area contributed by atoms with Crippen LogP contribution in [0.2, 0.25) is 0 Å². The van der Waals surface area contributed by atoms with E-state index >= 15 is 0 Å². The number of benzene rings is 1. The maximum absolute atomic E-state index is 13.1. The van der Waals surface area contributed by atoms with E-state index in [1.54, 1.807) is 18.5 Å². The van der Waals surface area contributed by atoms with Crippen molar-refractivity contribution in [2.75, 3.05) is 7.05 Å². The molecule has 0 radical (unpaired) electrons. The number of fused-ring (bicyclic) bond motifs is 1. The van der Waals surface area contributed by atoms with Gasteiger partial charge in [-0.1, -0.05) is 0 Å². The summed E-state index contributed by atoms with van der Waals surface area (Å²) in [5, 5.41) is 3.06. The van der Waals surface area contributed by atoms with Crippen molar-refractivity contribution in [3.63, 3.8) is 0 Å². The summed E-state index contributed by atoms with van der Waals surface area (Å²) in [6, 6.07) is 4.68. The molecule has 3 rings (SSSR count). The lowest BCUT2D eigenvalue weighted by Crippen LogP contribution is -2.19. The Hall–Kier alpha value is -1.88. The number of halogens is 1.